The third kappa shape index (κ3) is 5.33. The van der Waals surface area contributed by atoms with Crippen LogP contribution in [-0.2, 0) is 6.42 Å². The molecule has 0 radical (unpaired) electrons. The maximum atomic E-state index is 13.5. The summed E-state index contributed by atoms with van der Waals surface area (Å²) in [7, 11) is 0. The average Bonchev–Trinajstić information content (AvgIpc) is 2.64. The summed E-state index contributed by atoms with van der Waals surface area (Å²) in [6.07, 6.45) is 18.1. The predicted octanol–water partition coefficient (Wildman–Crippen LogP) is 7.60. The second kappa shape index (κ2) is 9.21. The Labute approximate surface area is 157 Å². The summed E-state index contributed by atoms with van der Waals surface area (Å²) in [6.45, 7) is 2.14. The summed E-state index contributed by atoms with van der Waals surface area (Å²) in [6, 6.07) is 5.27. The first-order valence-corrected chi connectivity index (χ1v) is 10.6. The molecule has 0 amide bonds. The summed E-state index contributed by atoms with van der Waals surface area (Å²) in [5.74, 6) is 3.34. The van der Waals surface area contributed by atoms with Gasteiger partial charge in [0.15, 0.2) is 0 Å². The number of halogens is 2. The standard InChI is InChI=1S/C23H32ClF/c1-2-3-17-6-11-20(12-7-17)21-13-8-18(9-14-21)4-5-19-10-15-22(24)23(25)16-19/h2-3,10,15-18,20-21H,4-9,11-14H2,1H3/b3-2+. The third-order valence-electron chi connectivity index (χ3n) is 6.66. The van der Waals surface area contributed by atoms with Crippen LogP contribution in [0.3, 0.4) is 0 Å². The molecule has 0 bridgehead atoms. The molecule has 0 aliphatic heterocycles. The molecular formula is C23H32ClF. The topological polar surface area (TPSA) is 0 Å². The first-order chi connectivity index (χ1) is 12.2. The largest absolute Gasteiger partial charge is 0.205 e. The van der Waals surface area contributed by atoms with Gasteiger partial charge in [-0.05, 0) is 99.7 Å². The van der Waals surface area contributed by atoms with Crippen molar-refractivity contribution >= 4 is 11.6 Å². The molecule has 0 spiro atoms. The molecule has 0 aromatic heterocycles. The van der Waals surface area contributed by atoms with Gasteiger partial charge in [-0.3, -0.25) is 0 Å². The van der Waals surface area contributed by atoms with Crippen LogP contribution in [0.15, 0.2) is 30.4 Å². The number of allylic oxidation sites excluding steroid dienone is 2. The van der Waals surface area contributed by atoms with E-state index in [2.05, 4.69) is 19.1 Å². The lowest BCUT2D eigenvalue weighted by molar-refractivity contribution is 0.152. The molecule has 2 fully saturated rings. The molecule has 0 N–H and O–H groups in total. The van der Waals surface area contributed by atoms with Crippen molar-refractivity contribution in [2.24, 2.45) is 23.7 Å². The van der Waals surface area contributed by atoms with Crippen molar-refractivity contribution in [3.05, 3.63) is 46.8 Å². The highest BCUT2D eigenvalue weighted by Gasteiger charge is 2.30. The van der Waals surface area contributed by atoms with E-state index in [4.69, 9.17) is 11.6 Å². The Morgan fingerprint density at radius 2 is 1.64 bits per heavy atom. The molecule has 138 valence electrons. The fraction of sp³-hybridized carbons (Fsp3) is 0.652. The van der Waals surface area contributed by atoms with Gasteiger partial charge in [0, 0.05) is 0 Å². The Morgan fingerprint density at radius 3 is 2.24 bits per heavy atom. The van der Waals surface area contributed by atoms with Crippen molar-refractivity contribution in [3.8, 4) is 0 Å². The number of hydrogen-bond donors (Lipinski definition) is 0. The minimum absolute atomic E-state index is 0.230. The number of aryl methyl sites for hydroxylation is 1. The molecular weight excluding hydrogens is 331 g/mol. The monoisotopic (exact) mass is 362 g/mol. The van der Waals surface area contributed by atoms with Gasteiger partial charge in [-0.2, -0.15) is 0 Å². The van der Waals surface area contributed by atoms with E-state index in [1.165, 1.54) is 57.8 Å². The minimum Gasteiger partial charge on any atom is -0.205 e. The second-order valence-corrected chi connectivity index (χ2v) is 8.68. The van der Waals surface area contributed by atoms with Gasteiger partial charge in [-0.15, -0.1) is 0 Å². The van der Waals surface area contributed by atoms with Gasteiger partial charge in [-0.1, -0.05) is 42.7 Å². The van der Waals surface area contributed by atoms with Crippen LogP contribution < -0.4 is 0 Å². The predicted molar refractivity (Wildman–Crippen MR) is 105 cm³/mol. The highest BCUT2D eigenvalue weighted by Crippen LogP contribution is 2.42. The highest BCUT2D eigenvalue weighted by atomic mass is 35.5. The van der Waals surface area contributed by atoms with Gasteiger partial charge in [0.05, 0.1) is 5.02 Å². The average molecular weight is 363 g/mol. The lowest BCUT2D eigenvalue weighted by atomic mass is 9.68. The van der Waals surface area contributed by atoms with Crippen LogP contribution in [-0.4, -0.2) is 0 Å². The molecule has 2 saturated carbocycles. The molecule has 2 aliphatic rings. The smallest absolute Gasteiger partial charge is 0.142 e. The quantitative estimate of drug-likeness (QED) is 0.473. The number of hydrogen-bond acceptors (Lipinski definition) is 0. The maximum absolute atomic E-state index is 13.5. The second-order valence-electron chi connectivity index (χ2n) is 8.27. The van der Waals surface area contributed by atoms with E-state index in [0.717, 1.165) is 35.7 Å². The van der Waals surface area contributed by atoms with Crippen molar-refractivity contribution in [1.29, 1.82) is 0 Å². The zero-order valence-electron chi connectivity index (χ0n) is 15.5. The molecule has 3 rings (SSSR count). The van der Waals surface area contributed by atoms with Crippen molar-refractivity contribution < 1.29 is 4.39 Å². The maximum Gasteiger partial charge on any atom is 0.142 e. The molecule has 0 saturated heterocycles. The van der Waals surface area contributed by atoms with Crippen molar-refractivity contribution in [3.63, 3.8) is 0 Å². The van der Waals surface area contributed by atoms with E-state index in [-0.39, 0.29) is 10.8 Å². The van der Waals surface area contributed by atoms with E-state index < -0.39 is 0 Å². The Bertz CT molecular complexity index is 563. The highest BCUT2D eigenvalue weighted by molar-refractivity contribution is 6.30. The lowest BCUT2D eigenvalue weighted by Gasteiger charge is -2.37. The van der Waals surface area contributed by atoms with Crippen LogP contribution in [0.4, 0.5) is 4.39 Å². The Morgan fingerprint density at radius 1 is 1.00 bits per heavy atom. The first-order valence-electron chi connectivity index (χ1n) is 10.2. The van der Waals surface area contributed by atoms with Gasteiger partial charge >= 0.3 is 0 Å². The van der Waals surface area contributed by atoms with Crippen molar-refractivity contribution in [2.45, 2.75) is 71.1 Å². The van der Waals surface area contributed by atoms with Crippen molar-refractivity contribution in [1.82, 2.24) is 0 Å². The number of benzene rings is 1. The molecule has 0 unspecified atom stereocenters. The van der Waals surface area contributed by atoms with E-state index in [1.54, 1.807) is 12.1 Å². The van der Waals surface area contributed by atoms with E-state index in [9.17, 15) is 4.39 Å². The van der Waals surface area contributed by atoms with Crippen LogP contribution in [0.5, 0.6) is 0 Å². The molecule has 2 aliphatic carbocycles. The summed E-state index contributed by atoms with van der Waals surface area (Å²) in [5, 5.41) is 0.230. The van der Waals surface area contributed by atoms with Crippen LogP contribution in [0, 0.1) is 29.5 Å². The molecule has 1 aromatic rings. The van der Waals surface area contributed by atoms with Crippen LogP contribution in [0.2, 0.25) is 5.02 Å². The first kappa shape index (κ1) is 19.0. The van der Waals surface area contributed by atoms with Gasteiger partial charge < -0.3 is 0 Å². The van der Waals surface area contributed by atoms with Gasteiger partial charge in [0.1, 0.15) is 5.82 Å². The molecule has 1 aromatic carbocycles. The van der Waals surface area contributed by atoms with E-state index >= 15 is 0 Å². The molecule has 25 heavy (non-hydrogen) atoms. The number of rotatable bonds is 5. The van der Waals surface area contributed by atoms with E-state index in [0.29, 0.717) is 0 Å². The zero-order valence-corrected chi connectivity index (χ0v) is 16.3. The Balaban J connectivity index is 1.39. The third-order valence-corrected chi connectivity index (χ3v) is 6.97. The normalized spacial score (nSPS) is 30.7. The summed E-state index contributed by atoms with van der Waals surface area (Å²) >= 11 is 5.77. The van der Waals surface area contributed by atoms with Gasteiger partial charge in [0.2, 0.25) is 0 Å². The van der Waals surface area contributed by atoms with Gasteiger partial charge in [-0.25, -0.2) is 4.39 Å². The summed E-state index contributed by atoms with van der Waals surface area (Å²) < 4.78 is 13.5. The van der Waals surface area contributed by atoms with Gasteiger partial charge in [0.25, 0.3) is 0 Å². The Hall–Kier alpha value is -0.820. The molecule has 0 nitrogen and oxygen atoms in total. The SMILES string of the molecule is C/C=C/C1CCC(C2CCC(CCc3ccc(Cl)c(F)c3)CC2)CC1. The zero-order chi connectivity index (χ0) is 17.6. The lowest BCUT2D eigenvalue weighted by Crippen LogP contribution is -2.25. The van der Waals surface area contributed by atoms with Crippen LogP contribution >= 0.6 is 11.6 Å². The fourth-order valence-electron chi connectivity index (χ4n) is 5.10. The van der Waals surface area contributed by atoms with E-state index in [1.807, 2.05) is 6.07 Å². The Kier molecular flexibility index (Phi) is 6.99. The molecule has 0 heterocycles. The van der Waals surface area contributed by atoms with Crippen molar-refractivity contribution in [2.75, 3.05) is 0 Å². The molecule has 0 atom stereocenters. The summed E-state index contributed by atoms with van der Waals surface area (Å²) in [4.78, 5) is 0. The molecule has 2 heteroatoms. The van der Waals surface area contributed by atoms with Crippen LogP contribution in [0.25, 0.3) is 0 Å². The minimum atomic E-state index is -0.281. The van der Waals surface area contributed by atoms with Crippen LogP contribution in [0.1, 0.15) is 70.3 Å². The fourth-order valence-corrected chi connectivity index (χ4v) is 5.21. The summed E-state index contributed by atoms with van der Waals surface area (Å²) in [5.41, 5.74) is 1.09.